The summed E-state index contributed by atoms with van der Waals surface area (Å²) in [5.41, 5.74) is 2.88. The lowest BCUT2D eigenvalue weighted by Gasteiger charge is -2.53. The molecule has 31 heavy (non-hydrogen) atoms. The van der Waals surface area contributed by atoms with Crippen LogP contribution in [-0.4, -0.2) is 18.8 Å². The van der Waals surface area contributed by atoms with Crippen LogP contribution in [0.4, 0.5) is 11.4 Å². The Morgan fingerprint density at radius 2 is 1.00 bits per heavy atom. The zero-order valence-corrected chi connectivity index (χ0v) is 20.8. The Kier molecular flexibility index (Phi) is 9.11. The first-order chi connectivity index (χ1) is 15.1. The van der Waals surface area contributed by atoms with Gasteiger partial charge in [0.1, 0.15) is 5.66 Å². The fraction of sp³-hybridized carbons (Fsp3) is 0.655. The first-order valence-corrected chi connectivity index (χ1v) is 13.2. The molecule has 2 aromatic rings. The molecule has 0 fully saturated rings. The molecule has 2 heteroatoms. The lowest BCUT2D eigenvalue weighted by Crippen LogP contribution is -2.60. The molecule has 172 valence electrons. The third kappa shape index (κ3) is 5.76. The van der Waals surface area contributed by atoms with E-state index in [4.69, 9.17) is 0 Å². The van der Waals surface area contributed by atoms with E-state index in [0.29, 0.717) is 0 Å². The van der Waals surface area contributed by atoms with Crippen LogP contribution in [0.2, 0.25) is 0 Å². The molecule has 0 bridgehead atoms. The van der Waals surface area contributed by atoms with Gasteiger partial charge in [-0.05, 0) is 44.2 Å². The van der Waals surface area contributed by atoms with E-state index in [1.54, 1.807) is 0 Å². The fourth-order valence-corrected chi connectivity index (χ4v) is 5.38. The quantitative estimate of drug-likeness (QED) is 0.280. The number of rotatable bonds is 14. The molecule has 0 unspecified atom stereocenters. The summed E-state index contributed by atoms with van der Waals surface area (Å²) in [7, 11) is 0. The van der Waals surface area contributed by atoms with Crippen LogP contribution in [0.25, 0.3) is 10.8 Å². The Morgan fingerprint density at radius 3 is 1.45 bits per heavy atom. The molecule has 3 rings (SSSR count). The van der Waals surface area contributed by atoms with E-state index < -0.39 is 0 Å². The summed E-state index contributed by atoms with van der Waals surface area (Å²) in [4.78, 5) is 5.42. The van der Waals surface area contributed by atoms with E-state index in [9.17, 15) is 0 Å². The average molecular weight is 423 g/mol. The van der Waals surface area contributed by atoms with E-state index in [1.165, 1.54) is 99.2 Å². The van der Waals surface area contributed by atoms with E-state index in [1.807, 2.05) is 0 Å². The first-order valence-electron chi connectivity index (χ1n) is 13.2. The summed E-state index contributed by atoms with van der Waals surface area (Å²) in [5, 5.41) is 2.84. The van der Waals surface area contributed by atoms with Gasteiger partial charge in [-0.25, -0.2) is 0 Å². The second-order valence-corrected chi connectivity index (χ2v) is 9.99. The van der Waals surface area contributed by atoms with Crippen LogP contribution >= 0.6 is 0 Å². The van der Waals surface area contributed by atoms with E-state index >= 15 is 0 Å². The Morgan fingerprint density at radius 1 is 0.581 bits per heavy atom. The van der Waals surface area contributed by atoms with Crippen LogP contribution in [-0.2, 0) is 0 Å². The minimum absolute atomic E-state index is 0.00940. The van der Waals surface area contributed by atoms with Gasteiger partial charge in [-0.15, -0.1) is 0 Å². The summed E-state index contributed by atoms with van der Waals surface area (Å²) in [5.74, 6) is 0. The highest BCUT2D eigenvalue weighted by Gasteiger charge is 2.38. The fourth-order valence-electron chi connectivity index (χ4n) is 5.38. The highest BCUT2D eigenvalue weighted by molar-refractivity contribution is 6.06. The van der Waals surface area contributed by atoms with Crippen molar-refractivity contribution in [1.29, 1.82) is 0 Å². The molecule has 0 radical (unpaired) electrons. The maximum Gasteiger partial charge on any atom is 0.107 e. The van der Waals surface area contributed by atoms with Gasteiger partial charge in [0.15, 0.2) is 0 Å². The predicted molar refractivity (Wildman–Crippen MR) is 139 cm³/mol. The van der Waals surface area contributed by atoms with Gasteiger partial charge in [-0.1, -0.05) is 102 Å². The van der Waals surface area contributed by atoms with Crippen molar-refractivity contribution in [3.63, 3.8) is 0 Å². The van der Waals surface area contributed by atoms with Gasteiger partial charge in [-0.3, -0.25) is 0 Å². The van der Waals surface area contributed by atoms with Crippen molar-refractivity contribution in [2.45, 2.75) is 110 Å². The standard InChI is InChI=1S/C29H46N2/c1-5-7-9-11-13-15-23-30-26-21-17-19-25-20-18-22-27(28(25)26)31(29(30,3)4)24-16-14-12-10-8-6-2/h17-22H,5-16,23-24H2,1-4H3. The molecular weight excluding hydrogens is 376 g/mol. The lowest BCUT2D eigenvalue weighted by atomic mass is 9.95. The first kappa shape index (κ1) is 24.0. The van der Waals surface area contributed by atoms with E-state index in [2.05, 4.69) is 73.9 Å². The van der Waals surface area contributed by atoms with Gasteiger partial charge >= 0.3 is 0 Å². The summed E-state index contributed by atoms with van der Waals surface area (Å²) < 4.78 is 0. The van der Waals surface area contributed by atoms with E-state index in [0.717, 1.165) is 13.1 Å². The van der Waals surface area contributed by atoms with Crippen molar-refractivity contribution >= 4 is 22.1 Å². The molecule has 2 nitrogen and oxygen atoms in total. The van der Waals surface area contributed by atoms with Gasteiger partial charge in [0, 0.05) is 29.9 Å². The maximum atomic E-state index is 2.71. The summed E-state index contributed by atoms with van der Waals surface area (Å²) in [6.45, 7) is 11.8. The van der Waals surface area contributed by atoms with Crippen molar-refractivity contribution < 1.29 is 0 Å². The molecule has 0 saturated heterocycles. The molecule has 1 aliphatic rings. The van der Waals surface area contributed by atoms with Crippen LogP contribution in [0.3, 0.4) is 0 Å². The van der Waals surface area contributed by atoms with Crippen molar-refractivity contribution in [2.24, 2.45) is 0 Å². The van der Waals surface area contributed by atoms with Crippen LogP contribution in [0.5, 0.6) is 0 Å². The minimum Gasteiger partial charge on any atom is -0.349 e. The molecule has 0 N–H and O–H groups in total. The van der Waals surface area contributed by atoms with Crippen LogP contribution in [0.1, 0.15) is 105 Å². The lowest BCUT2D eigenvalue weighted by molar-refractivity contribution is 0.410. The van der Waals surface area contributed by atoms with Gasteiger partial charge in [0.2, 0.25) is 0 Å². The zero-order chi connectivity index (χ0) is 22.1. The Hall–Kier alpha value is -1.70. The number of anilines is 2. The van der Waals surface area contributed by atoms with Crippen LogP contribution in [0.15, 0.2) is 36.4 Å². The third-order valence-corrected chi connectivity index (χ3v) is 7.23. The molecule has 0 atom stereocenters. The number of benzene rings is 2. The van der Waals surface area contributed by atoms with Crippen molar-refractivity contribution in [3.8, 4) is 0 Å². The third-order valence-electron chi connectivity index (χ3n) is 7.23. The number of hydrogen-bond acceptors (Lipinski definition) is 2. The maximum absolute atomic E-state index is 2.71. The van der Waals surface area contributed by atoms with Crippen molar-refractivity contribution in [2.75, 3.05) is 22.9 Å². The SMILES string of the molecule is CCCCCCCCN1c2cccc3cccc(c23)N(CCCCCCCC)C1(C)C. The second kappa shape index (κ2) is 11.8. The van der Waals surface area contributed by atoms with E-state index in [-0.39, 0.29) is 5.66 Å². The minimum atomic E-state index is 0.00940. The van der Waals surface area contributed by atoms with Gasteiger partial charge in [0.05, 0.1) is 0 Å². The second-order valence-electron chi connectivity index (χ2n) is 9.99. The summed E-state index contributed by atoms with van der Waals surface area (Å²) >= 11 is 0. The monoisotopic (exact) mass is 422 g/mol. The largest absolute Gasteiger partial charge is 0.349 e. The summed E-state index contributed by atoms with van der Waals surface area (Å²) in [6, 6.07) is 13.8. The molecule has 0 amide bonds. The van der Waals surface area contributed by atoms with Gasteiger partial charge < -0.3 is 9.80 Å². The molecule has 2 aromatic carbocycles. The van der Waals surface area contributed by atoms with Crippen LogP contribution in [0, 0.1) is 0 Å². The highest BCUT2D eigenvalue weighted by Crippen LogP contribution is 2.45. The molecule has 0 spiro atoms. The molecule has 1 heterocycles. The number of hydrogen-bond donors (Lipinski definition) is 0. The average Bonchev–Trinajstić information content (AvgIpc) is 2.76. The Labute approximate surface area is 192 Å². The molecular formula is C29H46N2. The topological polar surface area (TPSA) is 6.48 Å². The Bertz CT molecular complexity index is 734. The van der Waals surface area contributed by atoms with Gasteiger partial charge in [0.25, 0.3) is 0 Å². The van der Waals surface area contributed by atoms with Crippen molar-refractivity contribution in [1.82, 2.24) is 0 Å². The number of unbranched alkanes of at least 4 members (excludes halogenated alkanes) is 10. The molecule has 1 aliphatic heterocycles. The Balaban J connectivity index is 1.77. The molecule has 0 aromatic heterocycles. The smallest absolute Gasteiger partial charge is 0.107 e. The molecule has 0 aliphatic carbocycles. The zero-order valence-electron chi connectivity index (χ0n) is 20.8. The van der Waals surface area contributed by atoms with Crippen LogP contribution < -0.4 is 9.80 Å². The molecule has 0 saturated carbocycles. The van der Waals surface area contributed by atoms with Crippen molar-refractivity contribution in [3.05, 3.63) is 36.4 Å². The number of nitrogens with zero attached hydrogens (tertiary/aromatic N) is 2. The van der Waals surface area contributed by atoms with Gasteiger partial charge in [-0.2, -0.15) is 0 Å². The predicted octanol–water partition coefficient (Wildman–Crippen LogP) is 8.92. The summed E-state index contributed by atoms with van der Waals surface area (Å²) in [6.07, 6.45) is 16.2. The normalized spacial score (nSPS) is 15.1. The highest BCUT2D eigenvalue weighted by atomic mass is 15.4.